The van der Waals surface area contributed by atoms with Gasteiger partial charge in [0.2, 0.25) is 17.8 Å². The number of halogens is 2. The van der Waals surface area contributed by atoms with Crippen molar-refractivity contribution in [2.24, 2.45) is 48.5 Å². The van der Waals surface area contributed by atoms with E-state index in [9.17, 15) is 23.2 Å². The number of imide groups is 1. The number of nitrogens with zero attached hydrogens (tertiary/aromatic N) is 3. The van der Waals surface area contributed by atoms with Gasteiger partial charge in [-0.25, -0.2) is 18.3 Å². The molecule has 3 aromatic rings. The number of carbonyl (C=O) groups is 3. The van der Waals surface area contributed by atoms with Gasteiger partial charge in [0.25, 0.3) is 5.91 Å². The third kappa shape index (κ3) is 28.6. The van der Waals surface area contributed by atoms with Gasteiger partial charge in [-0.3, -0.25) is 25.0 Å². The predicted molar refractivity (Wildman–Crippen MR) is 341 cm³/mol. The van der Waals surface area contributed by atoms with E-state index in [0.717, 1.165) is 106 Å². The highest BCUT2D eigenvalue weighted by molar-refractivity contribution is 6.07. The first-order chi connectivity index (χ1) is 38.2. The van der Waals surface area contributed by atoms with Crippen LogP contribution in [0.15, 0.2) is 83.2 Å². The third-order valence-corrected chi connectivity index (χ3v) is 16.5. The Balaban J connectivity index is 0.000000586. The van der Waals surface area contributed by atoms with Crippen molar-refractivity contribution >= 4 is 40.4 Å². The second-order valence-electron chi connectivity index (χ2n) is 24.2. The highest BCUT2D eigenvalue weighted by atomic mass is 19.1. The fraction of sp³-hybridized carbons (Fsp3) is 0.643. The van der Waals surface area contributed by atoms with Crippen molar-refractivity contribution in [3.05, 3.63) is 106 Å². The lowest BCUT2D eigenvalue weighted by atomic mass is 9.73. The number of aryl methyl sites for hydroxylation is 3. The van der Waals surface area contributed by atoms with Crippen LogP contribution >= 0.6 is 0 Å². The van der Waals surface area contributed by atoms with E-state index in [1.165, 1.54) is 95.6 Å². The van der Waals surface area contributed by atoms with Crippen molar-refractivity contribution in [1.82, 2.24) is 14.9 Å². The van der Waals surface area contributed by atoms with Gasteiger partial charge in [-0.1, -0.05) is 184 Å². The van der Waals surface area contributed by atoms with Crippen LogP contribution in [0.5, 0.6) is 0 Å². The number of nitrogens with one attached hydrogen (secondary N) is 2. The average molecular weight is 1130 g/mol. The third-order valence-electron chi connectivity index (χ3n) is 16.5. The first-order valence-electron chi connectivity index (χ1n) is 31.2. The van der Waals surface area contributed by atoms with Crippen molar-refractivity contribution in [1.29, 1.82) is 0 Å². The van der Waals surface area contributed by atoms with Gasteiger partial charge < -0.3 is 9.30 Å². The normalized spacial score (nSPS) is 16.4. The number of rotatable bonds is 20. The number of carbonyl (C=O) groups excluding carboxylic acids is 3. The van der Waals surface area contributed by atoms with Crippen LogP contribution in [0.4, 0.5) is 14.7 Å². The molecule has 456 valence electrons. The molecule has 6 rings (SSSR count). The van der Waals surface area contributed by atoms with Crippen LogP contribution in [0.3, 0.4) is 0 Å². The number of hydrogen-bond acceptors (Lipinski definition) is 5. The summed E-state index contributed by atoms with van der Waals surface area (Å²) in [6, 6.07) is 9.48. The van der Waals surface area contributed by atoms with Crippen LogP contribution in [0.2, 0.25) is 0 Å². The molecule has 2 aromatic carbocycles. The molecule has 3 heterocycles. The molecule has 1 aromatic heterocycles. The number of benzene rings is 2. The van der Waals surface area contributed by atoms with Gasteiger partial charge in [0.1, 0.15) is 31.0 Å². The summed E-state index contributed by atoms with van der Waals surface area (Å²) in [6.07, 6.45) is 26.0. The molecule has 3 aliphatic rings. The van der Waals surface area contributed by atoms with Crippen molar-refractivity contribution in [2.45, 2.75) is 226 Å². The minimum atomic E-state index is -0.521. The molecule has 0 radical (unpaired) electrons. The molecule has 2 fully saturated rings. The van der Waals surface area contributed by atoms with Gasteiger partial charge in [-0.05, 0) is 129 Å². The van der Waals surface area contributed by atoms with Crippen molar-refractivity contribution in [3.63, 3.8) is 0 Å². The molecule has 5 atom stereocenters. The second-order valence-corrected chi connectivity index (χ2v) is 24.2. The molecule has 9 nitrogen and oxygen atoms in total. The monoisotopic (exact) mass is 1130 g/mol. The van der Waals surface area contributed by atoms with E-state index in [0.29, 0.717) is 42.3 Å². The van der Waals surface area contributed by atoms with Crippen LogP contribution in [0.25, 0.3) is 11.0 Å². The lowest BCUT2D eigenvalue weighted by Crippen LogP contribution is -2.33. The number of piperidine rings is 1. The van der Waals surface area contributed by atoms with E-state index in [4.69, 9.17) is 4.74 Å². The Morgan fingerprint density at radius 1 is 0.765 bits per heavy atom. The Bertz CT molecular complexity index is 2440. The lowest BCUT2D eigenvalue weighted by Gasteiger charge is -2.33. The van der Waals surface area contributed by atoms with Crippen LogP contribution < -0.4 is 10.6 Å². The fourth-order valence-corrected chi connectivity index (χ4v) is 9.89. The Hall–Kier alpha value is -5.19. The molecule has 1 saturated carbocycles. The molecule has 2 N–H and O–H groups in total. The molecule has 1 saturated heterocycles. The Labute approximate surface area is 492 Å². The molecule has 1 aliphatic carbocycles. The first kappa shape index (κ1) is 73.8. The van der Waals surface area contributed by atoms with Gasteiger partial charge in [-0.15, -0.1) is 0 Å². The summed E-state index contributed by atoms with van der Waals surface area (Å²) in [7, 11) is 5.67. The zero-order valence-electron chi connectivity index (χ0n) is 54.5. The summed E-state index contributed by atoms with van der Waals surface area (Å²) in [5.74, 6) is 5.61. The largest absolute Gasteiger partial charge is 0.500 e. The molecular formula is C70H114F2N5O4+. The Morgan fingerprint density at radius 2 is 1.35 bits per heavy atom. The van der Waals surface area contributed by atoms with Crippen LogP contribution in [0, 0.1) is 66.9 Å². The van der Waals surface area contributed by atoms with Crippen LogP contribution in [-0.2, 0) is 26.2 Å². The number of anilines is 1. The standard InChI is InChI=1S/C29H38N4O2.C19H40.C7H6F2.C5H7NO2.C5H10.C5H12/c1-10-19(3)20(4)16-23(17-21(5)27-22(6)32(7)14-13-26(27)35-9)28(34)31-29-30-24-12-11-18(2)15-25(24)33(29)8;1-8-10-12-16(5)17(6)18(7)19(11-9-2)14-13-15(3)4;1-5-2-6(8)4-7(9)3-5;7-4-2-1-3-5(8)6-4;1-2-4-5-3-1;1-4-5(2)3/h11-12,15-17,19H,5,10,13-14H2,1-4,6-9H3;15-19H,8-14H2,1-7H3;2-4H,1H3;1-3H2,(H,6,7,8);1-5H2;5H,4H2,1-3H3/p+1/b20-16-,23-17+;;;;;/t;16-,17?,18?,19?;;;;/m.0..../s1. The highest BCUT2D eigenvalue weighted by Gasteiger charge is 2.27. The van der Waals surface area contributed by atoms with Gasteiger partial charge in [0.05, 0.1) is 30.1 Å². The van der Waals surface area contributed by atoms with E-state index >= 15 is 0 Å². The van der Waals surface area contributed by atoms with Crippen molar-refractivity contribution in [2.75, 3.05) is 26.0 Å². The second kappa shape index (κ2) is 40.1. The van der Waals surface area contributed by atoms with Gasteiger partial charge in [-0.2, -0.15) is 0 Å². The molecule has 81 heavy (non-hydrogen) atoms. The van der Waals surface area contributed by atoms with Gasteiger partial charge >= 0.3 is 0 Å². The zero-order valence-corrected chi connectivity index (χ0v) is 54.5. The smallest absolute Gasteiger partial charge is 0.257 e. The molecule has 4 unspecified atom stereocenters. The van der Waals surface area contributed by atoms with E-state index in [1.807, 2.05) is 42.8 Å². The summed E-state index contributed by atoms with van der Waals surface area (Å²) in [4.78, 5) is 38.9. The molecule has 2 aliphatic heterocycles. The number of allylic oxidation sites excluding steroid dienone is 4. The SMILES string of the molecule is C1CCCC1.C=C(/C=C(\C=C(\C)C(C)CC)C(=O)Nc1nc2ccc(C)cc2n1C)C1=C(OC)CC[N+](C)=C1C.CCC(C)C.CCCC[C@H](C)C(C)C(C)C(CCC)CCC(C)C.Cc1cc(F)cc(F)c1.O=C1CCCC(=O)N1. The van der Waals surface area contributed by atoms with Gasteiger partial charge in [0.15, 0.2) is 5.71 Å². The number of methoxy groups -OCH3 is 1. The Kier molecular flexibility index (Phi) is 36.6. The van der Waals surface area contributed by atoms with E-state index < -0.39 is 11.6 Å². The van der Waals surface area contributed by atoms with E-state index in [2.05, 4.69) is 137 Å². The maximum absolute atomic E-state index is 13.6. The maximum atomic E-state index is 13.6. The Morgan fingerprint density at radius 3 is 1.81 bits per heavy atom. The first-order valence-corrected chi connectivity index (χ1v) is 31.2. The number of imidazole rings is 1. The van der Waals surface area contributed by atoms with Gasteiger partial charge in [0, 0.05) is 38.5 Å². The number of amides is 3. The topological polar surface area (TPSA) is 105 Å². The minimum Gasteiger partial charge on any atom is -0.500 e. The van der Waals surface area contributed by atoms with Crippen LogP contribution in [0.1, 0.15) is 224 Å². The number of unbranched alkanes of at least 4 members (excludes halogenated alkanes) is 1. The lowest BCUT2D eigenvalue weighted by molar-refractivity contribution is -0.498. The quantitative estimate of drug-likeness (QED) is 0.0507. The van der Waals surface area contributed by atoms with Crippen molar-refractivity contribution in [3.8, 4) is 0 Å². The number of ether oxygens (including phenoxy) is 1. The van der Waals surface area contributed by atoms with Crippen LogP contribution in [-0.4, -0.2) is 58.3 Å². The fourth-order valence-electron chi connectivity index (χ4n) is 9.89. The molecule has 0 bridgehead atoms. The van der Waals surface area contributed by atoms with E-state index in [-0.39, 0.29) is 17.7 Å². The summed E-state index contributed by atoms with van der Waals surface area (Å²) in [6.45, 7) is 40.9. The molecular weight excluding hydrogens is 1010 g/mol. The zero-order chi connectivity index (χ0) is 61.4. The number of hydrogen-bond donors (Lipinski definition) is 2. The molecule has 3 amide bonds. The predicted octanol–water partition coefficient (Wildman–Crippen LogP) is 18.7. The summed E-state index contributed by atoms with van der Waals surface area (Å²) < 4.78 is 34.2. The molecule has 11 heteroatoms. The summed E-state index contributed by atoms with van der Waals surface area (Å²) in [5.41, 5.74) is 8.06. The average Bonchev–Trinajstić information content (AvgIpc) is 4.11. The number of fused-ring (bicyclic) bond motifs is 1. The number of aromatic nitrogens is 2. The minimum absolute atomic E-state index is 0.138. The summed E-state index contributed by atoms with van der Waals surface area (Å²) >= 11 is 0. The maximum Gasteiger partial charge on any atom is 0.257 e. The van der Waals surface area contributed by atoms with Crippen molar-refractivity contribution < 1.29 is 32.5 Å². The highest BCUT2D eigenvalue weighted by Crippen LogP contribution is 2.35. The molecule has 0 spiro atoms. The summed E-state index contributed by atoms with van der Waals surface area (Å²) in [5, 5.41) is 5.23. The van der Waals surface area contributed by atoms with E-state index in [1.54, 1.807) is 14.0 Å².